The lowest BCUT2D eigenvalue weighted by Gasteiger charge is -2.18. The Morgan fingerprint density at radius 1 is 0.903 bits per heavy atom. The van der Waals surface area contributed by atoms with Gasteiger partial charge in [-0.05, 0) is 41.0 Å². The van der Waals surface area contributed by atoms with Gasteiger partial charge in [-0.1, -0.05) is 66.4 Å². The van der Waals surface area contributed by atoms with E-state index < -0.39 is 11.7 Å². The van der Waals surface area contributed by atoms with Crippen LogP contribution in [0.25, 0.3) is 11.1 Å². The van der Waals surface area contributed by atoms with E-state index in [0.717, 1.165) is 28.8 Å². The molecule has 31 heavy (non-hydrogen) atoms. The zero-order valence-corrected chi connectivity index (χ0v) is 17.3. The Morgan fingerprint density at radius 3 is 2.19 bits per heavy atom. The standard InChI is InChI=1S/C24H19F3N2OS/c25-24(26,27)21-12-6-17(7-13-21)16-31-23-28-14-15-29(23)22(30)20-10-8-19(9-11-20)18-4-2-1-3-5-18/h1-13H,14-16H2. The molecule has 0 N–H and O–H groups in total. The maximum atomic E-state index is 13.0. The molecule has 1 heterocycles. The second-order valence-corrected chi connectivity index (χ2v) is 7.99. The Kier molecular flexibility index (Phi) is 6.13. The minimum Gasteiger partial charge on any atom is -0.286 e. The van der Waals surface area contributed by atoms with E-state index in [4.69, 9.17) is 0 Å². The van der Waals surface area contributed by atoms with Gasteiger partial charge in [0.1, 0.15) is 0 Å². The fourth-order valence-corrected chi connectivity index (χ4v) is 4.27. The van der Waals surface area contributed by atoms with Gasteiger partial charge in [0.2, 0.25) is 0 Å². The number of halogens is 3. The van der Waals surface area contributed by atoms with Crippen molar-refractivity contribution < 1.29 is 18.0 Å². The van der Waals surface area contributed by atoms with E-state index in [1.54, 1.807) is 17.0 Å². The van der Waals surface area contributed by atoms with Gasteiger partial charge in [-0.2, -0.15) is 13.2 Å². The molecule has 0 fully saturated rings. The molecule has 3 aromatic carbocycles. The van der Waals surface area contributed by atoms with Crippen molar-refractivity contribution in [3.63, 3.8) is 0 Å². The molecule has 4 rings (SSSR count). The molecule has 3 nitrogen and oxygen atoms in total. The lowest BCUT2D eigenvalue weighted by atomic mass is 10.0. The predicted molar refractivity (Wildman–Crippen MR) is 118 cm³/mol. The molecule has 0 aromatic heterocycles. The van der Waals surface area contributed by atoms with Gasteiger partial charge in [0.25, 0.3) is 5.91 Å². The molecular weight excluding hydrogens is 421 g/mol. The fraction of sp³-hybridized carbons (Fsp3) is 0.167. The molecule has 3 aromatic rings. The quantitative estimate of drug-likeness (QED) is 0.490. The predicted octanol–water partition coefficient (Wildman–Crippen LogP) is 6.12. The molecule has 1 aliphatic rings. The summed E-state index contributed by atoms with van der Waals surface area (Å²) in [5.41, 5.74) is 2.76. The summed E-state index contributed by atoms with van der Waals surface area (Å²) >= 11 is 1.36. The van der Waals surface area contributed by atoms with E-state index in [1.807, 2.05) is 42.5 Å². The van der Waals surface area contributed by atoms with Crippen molar-refractivity contribution >= 4 is 22.8 Å². The highest BCUT2D eigenvalue weighted by Gasteiger charge is 2.30. The summed E-state index contributed by atoms with van der Waals surface area (Å²) in [7, 11) is 0. The number of hydrogen-bond donors (Lipinski definition) is 0. The third-order valence-corrected chi connectivity index (χ3v) is 6.02. The van der Waals surface area contributed by atoms with Crippen LogP contribution in [-0.4, -0.2) is 29.1 Å². The summed E-state index contributed by atoms with van der Waals surface area (Å²) in [5.74, 6) is 0.309. The Balaban J connectivity index is 1.40. The molecule has 0 aliphatic carbocycles. The minimum absolute atomic E-state index is 0.129. The Hall–Kier alpha value is -3.06. The average Bonchev–Trinajstić information content (AvgIpc) is 3.26. The Bertz CT molecular complexity index is 1080. The van der Waals surface area contributed by atoms with Gasteiger partial charge < -0.3 is 0 Å². The zero-order valence-electron chi connectivity index (χ0n) is 16.5. The smallest absolute Gasteiger partial charge is 0.286 e. The van der Waals surface area contributed by atoms with Crippen molar-refractivity contribution in [1.82, 2.24) is 4.90 Å². The van der Waals surface area contributed by atoms with Crippen LogP contribution in [0.5, 0.6) is 0 Å². The van der Waals surface area contributed by atoms with Crippen molar-refractivity contribution in [3.05, 3.63) is 95.6 Å². The van der Waals surface area contributed by atoms with Crippen LogP contribution in [0.4, 0.5) is 13.2 Å². The summed E-state index contributed by atoms with van der Waals surface area (Å²) in [6, 6.07) is 22.4. The fourth-order valence-electron chi connectivity index (χ4n) is 3.27. The van der Waals surface area contributed by atoms with Crippen molar-refractivity contribution in [1.29, 1.82) is 0 Å². The highest BCUT2D eigenvalue weighted by atomic mass is 32.2. The van der Waals surface area contributed by atoms with Crippen LogP contribution in [0.2, 0.25) is 0 Å². The maximum absolute atomic E-state index is 13.0. The molecule has 0 saturated carbocycles. The van der Waals surface area contributed by atoms with Gasteiger partial charge in [-0.25, -0.2) is 0 Å². The third kappa shape index (κ3) is 4.99. The molecule has 7 heteroatoms. The number of amides is 1. The molecule has 0 unspecified atom stereocenters. The van der Waals surface area contributed by atoms with E-state index in [9.17, 15) is 18.0 Å². The minimum atomic E-state index is -4.35. The molecule has 1 amide bonds. The molecule has 0 bridgehead atoms. The number of aliphatic imine (C=N–C) groups is 1. The summed E-state index contributed by atoms with van der Waals surface area (Å²) in [4.78, 5) is 19.0. The second kappa shape index (κ2) is 8.98. The first kappa shape index (κ1) is 21.2. The van der Waals surface area contributed by atoms with Crippen LogP contribution >= 0.6 is 11.8 Å². The molecule has 0 spiro atoms. The van der Waals surface area contributed by atoms with Gasteiger partial charge in [0.15, 0.2) is 5.17 Å². The van der Waals surface area contributed by atoms with Gasteiger partial charge in [0.05, 0.1) is 12.1 Å². The van der Waals surface area contributed by atoms with Crippen LogP contribution in [0.15, 0.2) is 83.9 Å². The first-order valence-electron chi connectivity index (χ1n) is 9.72. The summed E-state index contributed by atoms with van der Waals surface area (Å²) in [5, 5.41) is 0.594. The molecular formula is C24H19F3N2OS. The Labute approximate surface area is 182 Å². The molecule has 0 saturated heterocycles. The highest BCUT2D eigenvalue weighted by molar-refractivity contribution is 8.13. The topological polar surface area (TPSA) is 32.7 Å². The van der Waals surface area contributed by atoms with Crippen LogP contribution in [0.1, 0.15) is 21.5 Å². The van der Waals surface area contributed by atoms with E-state index in [1.165, 1.54) is 23.9 Å². The largest absolute Gasteiger partial charge is 0.416 e. The number of nitrogens with zero attached hydrogens (tertiary/aromatic N) is 2. The van der Waals surface area contributed by atoms with E-state index in [-0.39, 0.29) is 5.91 Å². The lowest BCUT2D eigenvalue weighted by Crippen LogP contribution is -2.32. The van der Waals surface area contributed by atoms with E-state index >= 15 is 0 Å². The summed E-state index contributed by atoms with van der Waals surface area (Å²) in [6.45, 7) is 1.01. The lowest BCUT2D eigenvalue weighted by molar-refractivity contribution is -0.137. The molecule has 1 aliphatic heterocycles. The van der Waals surface area contributed by atoms with Gasteiger partial charge >= 0.3 is 6.18 Å². The number of thioether (sulfide) groups is 1. The summed E-state index contributed by atoms with van der Waals surface area (Å²) in [6.07, 6.45) is -4.35. The average molecular weight is 440 g/mol. The number of benzene rings is 3. The van der Waals surface area contributed by atoms with Gasteiger partial charge in [-0.3, -0.25) is 14.7 Å². The highest BCUT2D eigenvalue weighted by Crippen LogP contribution is 2.30. The van der Waals surface area contributed by atoms with Crippen LogP contribution < -0.4 is 0 Å². The maximum Gasteiger partial charge on any atom is 0.416 e. The third-order valence-electron chi connectivity index (χ3n) is 4.93. The Morgan fingerprint density at radius 2 is 1.55 bits per heavy atom. The monoisotopic (exact) mass is 440 g/mol. The second-order valence-electron chi connectivity index (χ2n) is 7.05. The number of amidine groups is 1. The number of rotatable bonds is 4. The molecule has 0 radical (unpaired) electrons. The molecule has 158 valence electrons. The number of carbonyl (C=O) groups excluding carboxylic acids is 1. The van der Waals surface area contributed by atoms with E-state index in [0.29, 0.717) is 29.6 Å². The van der Waals surface area contributed by atoms with Gasteiger partial charge in [0, 0.05) is 17.9 Å². The normalized spacial score (nSPS) is 13.9. The summed E-state index contributed by atoms with van der Waals surface area (Å²) < 4.78 is 38.1. The van der Waals surface area contributed by atoms with Crippen molar-refractivity contribution in [2.75, 3.05) is 13.1 Å². The van der Waals surface area contributed by atoms with Crippen molar-refractivity contribution in [3.8, 4) is 11.1 Å². The SMILES string of the molecule is O=C(c1ccc(-c2ccccc2)cc1)N1CCN=C1SCc1ccc(C(F)(F)F)cc1. The zero-order chi connectivity index (χ0) is 21.8. The van der Waals surface area contributed by atoms with Crippen LogP contribution in [0, 0.1) is 0 Å². The van der Waals surface area contributed by atoms with Crippen molar-refractivity contribution in [2.45, 2.75) is 11.9 Å². The first-order valence-corrected chi connectivity index (χ1v) is 10.7. The number of carbonyl (C=O) groups is 1. The van der Waals surface area contributed by atoms with Gasteiger partial charge in [-0.15, -0.1) is 0 Å². The van der Waals surface area contributed by atoms with Crippen LogP contribution in [0.3, 0.4) is 0 Å². The van der Waals surface area contributed by atoms with Crippen LogP contribution in [-0.2, 0) is 11.9 Å². The van der Waals surface area contributed by atoms with Crippen molar-refractivity contribution in [2.24, 2.45) is 4.99 Å². The van der Waals surface area contributed by atoms with E-state index in [2.05, 4.69) is 4.99 Å². The molecule has 0 atom stereocenters. The number of alkyl halides is 3. The first-order chi connectivity index (χ1) is 14.9. The number of hydrogen-bond acceptors (Lipinski definition) is 3.